The van der Waals surface area contributed by atoms with Crippen LogP contribution in [-0.2, 0) is 11.3 Å². The number of nitrogens with zero attached hydrogens (tertiary/aromatic N) is 2. The molecule has 0 aromatic carbocycles. The highest BCUT2D eigenvalue weighted by atomic mass is 32.1. The van der Waals surface area contributed by atoms with Gasteiger partial charge >= 0.3 is 0 Å². The number of hydrogen-bond acceptors (Lipinski definition) is 5. The fourth-order valence-corrected chi connectivity index (χ4v) is 3.48. The fraction of sp³-hybridized carbons (Fsp3) is 0.769. The Morgan fingerprint density at radius 3 is 2.44 bits per heavy atom. The largest absolute Gasteiger partial charge is 0.391 e. The van der Waals surface area contributed by atoms with E-state index in [4.69, 9.17) is 9.72 Å². The van der Waals surface area contributed by atoms with Gasteiger partial charge in [0.15, 0.2) is 5.13 Å². The Hall–Kier alpha value is -0.650. The number of hydrogen-bond donors (Lipinski definition) is 1. The number of aromatic nitrogens is 1. The minimum atomic E-state index is 0.0840. The number of rotatable bonds is 3. The molecule has 102 valence electrons. The van der Waals surface area contributed by atoms with Crippen LogP contribution in [0.4, 0.5) is 5.13 Å². The minimum Gasteiger partial charge on any atom is -0.391 e. The summed E-state index contributed by atoms with van der Waals surface area (Å²) in [5.41, 5.74) is 1.03. The lowest BCUT2D eigenvalue weighted by Gasteiger charge is -2.35. The van der Waals surface area contributed by atoms with E-state index in [1.165, 1.54) is 0 Å². The normalized spacial score (nSPS) is 24.9. The summed E-state index contributed by atoms with van der Waals surface area (Å²) in [7, 11) is 0. The third-order valence-electron chi connectivity index (χ3n) is 3.10. The Balaban J connectivity index is 2.22. The van der Waals surface area contributed by atoms with E-state index in [0.717, 1.165) is 28.8 Å². The van der Waals surface area contributed by atoms with Gasteiger partial charge in [0.25, 0.3) is 0 Å². The molecular weight excluding hydrogens is 248 g/mol. The Bertz CT molecular complexity index is 396. The summed E-state index contributed by atoms with van der Waals surface area (Å²) in [6.07, 6.45) is 0.468. The van der Waals surface area contributed by atoms with Crippen molar-refractivity contribution >= 4 is 16.5 Å². The van der Waals surface area contributed by atoms with Crippen LogP contribution in [0.3, 0.4) is 0 Å². The quantitative estimate of drug-likeness (QED) is 0.916. The maximum absolute atomic E-state index is 9.41. The maximum Gasteiger partial charge on any atom is 0.186 e. The van der Waals surface area contributed by atoms with Gasteiger partial charge in [-0.05, 0) is 19.8 Å². The predicted molar refractivity (Wildman–Crippen MR) is 74.3 cm³/mol. The molecule has 1 aromatic heterocycles. The van der Waals surface area contributed by atoms with Crippen molar-refractivity contribution in [2.75, 3.05) is 18.0 Å². The number of aliphatic hydroxyl groups excluding tert-OH is 1. The zero-order valence-electron chi connectivity index (χ0n) is 11.5. The van der Waals surface area contributed by atoms with Gasteiger partial charge in [-0.2, -0.15) is 0 Å². The van der Waals surface area contributed by atoms with Crippen LogP contribution >= 0.6 is 11.3 Å². The van der Waals surface area contributed by atoms with Crippen molar-refractivity contribution in [1.29, 1.82) is 0 Å². The van der Waals surface area contributed by atoms with Gasteiger partial charge in [-0.15, -0.1) is 0 Å². The van der Waals surface area contributed by atoms with Gasteiger partial charge in [-0.3, -0.25) is 0 Å². The van der Waals surface area contributed by atoms with Crippen LogP contribution < -0.4 is 4.90 Å². The van der Waals surface area contributed by atoms with Crippen molar-refractivity contribution in [1.82, 2.24) is 4.98 Å². The maximum atomic E-state index is 9.41. The molecule has 1 aliphatic heterocycles. The van der Waals surface area contributed by atoms with Gasteiger partial charge in [-0.25, -0.2) is 4.98 Å². The highest BCUT2D eigenvalue weighted by Gasteiger charge is 2.25. The number of ether oxygens (including phenoxy) is 1. The Labute approximate surface area is 113 Å². The van der Waals surface area contributed by atoms with Crippen molar-refractivity contribution in [3.63, 3.8) is 0 Å². The molecule has 0 unspecified atom stereocenters. The Kier molecular flexibility index (Phi) is 4.25. The first kappa shape index (κ1) is 13.8. The molecule has 0 amide bonds. The van der Waals surface area contributed by atoms with Gasteiger partial charge < -0.3 is 14.7 Å². The lowest BCUT2D eigenvalue weighted by atomic mass is 10.1. The fourth-order valence-electron chi connectivity index (χ4n) is 2.38. The molecule has 5 heteroatoms. The van der Waals surface area contributed by atoms with Gasteiger partial charge in [0.1, 0.15) is 0 Å². The number of aliphatic hydroxyl groups is 1. The van der Waals surface area contributed by atoms with E-state index in [0.29, 0.717) is 5.92 Å². The third kappa shape index (κ3) is 2.84. The first-order valence-corrected chi connectivity index (χ1v) is 7.33. The zero-order chi connectivity index (χ0) is 13.3. The minimum absolute atomic E-state index is 0.0840. The predicted octanol–water partition coefficient (Wildman–Crippen LogP) is 2.37. The second-order valence-electron chi connectivity index (χ2n) is 5.28. The second-order valence-corrected chi connectivity index (χ2v) is 6.34. The van der Waals surface area contributed by atoms with Gasteiger partial charge in [0.05, 0.1) is 29.4 Å². The Morgan fingerprint density at radius 2 is 2.00 bits per heavy atom. The van der Waals surface area contributed by atoms with E-state index in [9.17, 15) is 5.11 Å². The third-order valence-corrected chi connectivity index (χ3v) is 4.21. The molecule has 1 saturated heterocycles. The van der Waals surface area contributed by atoms with E-state index in [1.807, 2.05) is 0 Å². The van der Waals surface area contributed by atoms with Crippen molar-refractivity contribution < 1.29 is 9.84 Å². The molecule has 2 atom stereocenters. The van der Waals surface area contributed by atoms with Crippen LogP contribution in [-0.4, -0.2) is 35.4 Å². The topological polar surface area (TPSA) is 45.6 Å². The van der Waals surface area contributed by atoms with Crippen molar-refractivity contribution in [3.8, 4) is 0 Å². The summed E-state index contributed by atoms with van der Waals surface area (Å²) in [6.45, 7) is 10.2. The lowest BCUT2D eigenvalue weighted by molar-refractivity contribution is -0.00523. The van der Waals surface area contributed by atoms with Crippen LogP contribution in [0.15, 0.2) is 0 Å². The van der Waals surface area contributed by atoms with Crippen LogP contribution in [0.1, 0.15) is 44.2 Å². The lowest BCUT2D eigenvalue weighted by Crippen LogP contribution is -2.45. The van der Waals surface area contributed by atoms with Crippen LogP contribution in [0.2, 0.25) is 0 Å². The van der Waals surface area contributed by atoms with Crippen LogP contribution in [0, 0.1) is 0 Å². The van der Waals surface area contributed by atoms with E-state index in [-0.39, 0.29) is 18.8 Å². The zero-order valence-corrected chi connectivity index (χ0v) is 12.3. The molecule has 1 N–H and O–H groups in total. The summed E-state index contributed by atoms with van der Waals surface area (Å²) in [4.78, 5) is 7.97. The molecule has 4 nitrogen and oxygen atoms in total. The highest BCUT2D eigenvalue weighted by molar-refractivity contribution is 7.15. The molecule has 0 saturated carbocycles. The SMILES string of the molecule is CC(C)c1nc(N2C[C@@H](C)O[C@@H](C)C2)sc1CO. The first-order valence-electron chi connectivity index (χ1n) is 6.52. The first-order chi connectivity index (χ1) is 8.51. The Morgan fingerprint density at radius 1 is 1.39 bits per heavy atom. The summed E-state index contributed by atoms with van der Waals surface area (Å²) < 4.78 is 5.73. The van der Waals surface area contributed by atoms with Crippen molar-refractivity contribution in [2.24, 2.45) is 0 Å². The molecule has 1 aromatic rings. The highest BCUT2D eigenvalue weighted by Crippen LogP contribution is 2.32. The molecule has 1 fully saturated rings. The van der Waals surface area contributed by atoms with E-state index < -0.39 is 0 Å². The molecule has 2 heterocycles. The summed E-state index contributed by atoms with van der Waals surface area (Å²) >= 11 is 1.61. The average Bonchev–Trinajstić information content (AvgIpc) is 2.71. The number of morpholine rings is 1. The monoisotopic (exact) mass is 270 g/mol. The molecule has 2 rings (SSSR count). The molecule has 0 radical (unpaired) electrons. The van der Waals surface area contributed by atoms with Gasteiger partial charge in [-0.1, -0.05) is 25.2 Å². The number of thiazole rings is 1. The average molecular weight is 270 g/mol. The molecule has 0 spiro atoms. The molecule has 18 heavy (non-hydrogen) atoms. The smallest absolute Gasteiger partial charge is 0.186 e. The molecule has 0 bridgehead atoms. The van der Waals surface area contributed by atoms with Crippen molar-refractivity contribution in [2.45, 2.75) is 52.4 Å². The summed E-state index contributed by atoms with van der Waals surface area (Å²) in [5, 5.41) is 10.4. The second kappa shape index (κ2) is 5.55. The summed E-state index contributed by atoms with van der Waals surface area (Å²) in [5.74, 6) is 0.355. The van der Waals surface area contributed by atoms with Crippen LogP contribution in [0.5, 0.6) is 0 Å². The molecule has 1 aliphatic rings. The molecule has 0 aliphatic carbocycles. The number of anilines is 1. The van der Waals surface area contributed by atoms with Crippen LogP contribution in [0.25, 0.3) is 0 Å². The van der Waals surface area contributed by atoms with Crippen molar-refractivity contribution in [3.05, 3.63) is 10.6 Å². The summed E-state index contributed by atoms with van der Waals surface area (Å²) in [6, 6.07) is 0. The standard InChI is InChI=1S/C13H22N2O2S/c1-8(2)12-11(7-16)18-13(14-12)15-5-9(3)17-10(4)6-15/h8-10,16H,5-7H2,1-4H3/t9-,10+. The van der Waals surface area contributed by atoms with Gasteiger partial charge in [0, 0.05) is 13.1 Å². The van der Waals surface area contributed by atoms with E-state index in [2.05, 4.69) is 32.6 Å². The van der Waals surface area contributed by atoms with E-state index in [1.54, 1.807) is 11.3 Å². The van der Waals surface area contributed by atoms with E-state index >= 15 is 0 Å². The van der Waals surface area contributed by atoms with Gasteiger partial charge in [0.2, 0.25) is 0 Å². The molecular formula is C13H22N2O2S.